The molecule has 1 N–H and O–H groups in total. The van der Waals surface area contributed by atoms with E-state index in [-0.39, 0.29) is 12.1 Å². The van der Waals surface area contributed by atoms with Crippen molar-refractivity contribution in [2.75, 3.05) is 19.0 Å². The maximum Gasteiger partial charge on any atom is 0.327 e. The normalized spacial score (nSPS) is 14.7. The lowest BCUT2D eigenvalue weighted by Gasteiger charge is -2.25. The van der Waals surface area contributed by atoms with Crippen LogP contribution in [0.4, 0.5) is 5.69 Å². The van der Waals surface area contributed by atoms with Gasteiger partial charge in [-0.15, -0.1) is 0 Å². The number of anilines is 1. The van der Waals surface area contributed by atoms with Gasteiger partial charge in [0.2, 0.25) is 0 Å². The zero-order valence-electron chi connectivity index (χ0n) is 11.4. The molecule has 0 aliphatic heterocycles. The predicted molar refractivity (Wildman–Crippen MR) is 78.7 cm³/mol. The monoisotopic (exact) mass is 343 g/mol. The van der Waals surface area contributed by atoms with Crippen molar-refractivity contribution < 1.29 is 9.53 Å². The minimum atomic E-state index is -0.503. The Morgan fingerprint density at radius 2 is 2.35 bits per heavy atom. The van der Waals surface area contributed by atoms with Crippen molar-refractivity contribution in [1.82, 2.24) is 9.78 Å². The lowest BCUT2D eigenvalue weighted by molar-refractivity contribution is -0.141. The second kappa shape index (κ2) is 6.88. The topological polar surface area (TPSA) is 73.2 Å². The molecule has 2 rings (SSSR count). The van der Waals surface area contributed by atoms with Crippen molar-refractivity contribution in [3.63, 3.8) is 0 Å². The van der Waals surface area contributed by atoms with Crippen LogP contribution in [0, 0.1) is 5.92 Å². The van der Waals surface area contributed by atoms with Gasteiger partial charge in [0.05, 0.1) is 19.0 Å². The number of esters is 1. The van der Waals surface area contributed by atoms with Gasteiger partial charge in [0.25, 0.3) is 5.56 Å². The van der Waals surface area contributed by atoms with Crippen molar-refractivity contribution in [2.45, 2.75) is 32.2 Å². The number of methoxy groups -OCH3 is 1. The van der Waals surface area contributed by atoms with Gasteiger partial charge in [-0.05, 0) is 28.3 Å². The number of aromatic nitrogens is 2. The van der Waals surface area contributed by atoms with Crippen molar-refractivity contribution in [3.05, 3.63) is 21.0 Å². The number of carbonyl (C=O) groups excluding carboxylic acids is 1. The number of halogens is 1. The average Bonchev–Trinajstić information content (AvgIpc) is 2.40. The van der Waals surface area contributed by atoms with E-state index in [1.807, 2.05) is 0 Å². The van der Waals surface area contributed by atoms with Gasteiger partial charge < -0.3 is 10.1 Å². The highest BCUT2D eigenvalue weighted by molar-refractivity contribution is 9.10. The molecule has 1 heterocycles. The molecule has 0 amide bonds. The molecule has 1 aliphatic rings. The third-order valence-corrected chi connectivity index (χ3v) is 4.35. The first-order valence-corrected chi connectivity index (χ1v) is 7.47. The van der Waals surface area contributed by atoms with Gasteiger partial charge in [0, 0.05) is 6.54 Å². The fourth-order valence-corrected chi connectivity index (χ4v) is 2.53. The highest BCUT2D eigenvalue weighted by atomic mass is 79.9. The summed E-state index contributed by atoms with van der Waals surface area (Å²) in [6, 6.07) is 0. The Morgan fingerprint density at radius 1 is 1.60 bits per heavy atom. The Bertz CT molecular complexity index is 540. The summed E-state index contributed by atoms with van der Waals surface area (Å²) < 4.78 is 5.99. The molecule has 1 fully saturated rings. The van der Waals surface area contributed by atoms with Gasteiger partial charge in [-0.3, -0.25) is 9.59 Å². The first-order valence-electron chi connectivity index (χ1n) is 6.68. The molecule has 0 bridgehead atoms. The second-order valence-corrected chi connectivity index (χ2v) is 5.72. The maximum atomic E-state index is 12.0. The van der Waals surface area contributed by atoms with E-state index >= 15 is 0 Å². The number of nitrogens with zero attached hydrogens (tertiary/aromatic N) is 2. The van der Waals surface area contributed by atoms with Crippen LogP contribution in [0.25, 0.3) is 0 Å². The van der Waals surface area contributed by atoms with Crippen molar-refractivity contribution in [1.29, 1.82) is 0 Å². The number of nitrogens with one attached hydrogen (secondary N) is 1. The average molecular weight is 344 g/mol. The Labute approximate surface area is 125 Å². The summed E-state index contributed by atoms with van der Waals surface area (Å²) in [5.74, 6) is 0.311. The SMILES string of the molecule is COC(=O)Cn1ncc(NCCC2CCC2)c(Br)c1=O. The van der Waals surface area contributed by atoms with E-state index in [1.54, 1.807) is 6.20 Å². The van der Waals surface area contributed by atoms with Crippen LogP contribution in [-0.2, 0) is 16.1 Å². The van der Waals surface area contributed by atoms with Gasteiger partial charge in [0.15, 0.2) is 0 Å². The van der Waals surface area contributed by atoms with E-state index < -0.39 is 5.97 Å². The molecular formula is C13H18BrN3O3. The summed E-state index contributed by atoms with van der Waals surface area (Å²) in [7, 11) is 1.28. The standard InChI is InChI=1S/C13H18BrN3O3/c1-20-11(18)8-17-13(19)12(14)10(7-16-17)15-6-5-9-3-2-4-9/h7,9,15H,2-6,8H2,1H3. The molecule has 6 nitrogen and oxygen atoms in total. The molecule has 1 aromatic heterocycles. The van der Waals surface area contributed by atoms with E-state index in [4.69, 9.17) is 0 Å². The largest absolute Gasteiger partial charge is 0.468 e. The van der Waals surface area contributed by atoms with E-state index in [0.717, 1.165) is 23.6 Å². The van der Waals surface area contributed by atoms with Crippen LogP contribution in [0.15, 0.2) is 15.5 Å². The number of ether oxygens (including phenoxy) is 1. The number of rotatable bonds is 6. The van der Waals surface area contributed by atoms with Crippen LogP contribution < -0.4 is 10.9 Å². The highest BCUT2D eigenvalue weighted by Crippen LogP contribution is 2.29. The molecule has 1 aliphatic carbocycles. The Kier molecular flexibility index (Phi) is 5.17. The van der Waals surface area contributed by atoms with Gasteiger partial charge in [0.1, 0.15) is 11.0 Å². The molecule has 0 saturated heterocycles. The quantitative estimate of drug-likeness (QED) is 0.797. The van der Waals surface area contributed by atoms with Crippen LogP contribution in [-0.4, -0.2) is 29.4 Å². The smallest absolute Gasteiger partial charge is 0.327 e. The lowest BCUT2D eigenvalue weighted by Crippen LogP contribution is -2.28. The van der Waals surface area contributed by atoms with E-state index in [2.05, 4.69) is 31.1 Å². The van der Waals surface area contributed by atoms with Gasteiger partial charge in [-0.2, -0.15) is 5.10 Å². The summed E-state index contributed by atoms with van der Waals surface area (Å²) >= 11 is 3.25. The van der Waals surface area contributed by atoms with Gasteiger partial charge >= 0.3 is 5.97 Å². The molecule has 7 heteroatoms. The molecule has 110 valence electrons. The van der Waals surface area contributed by atoms with Crippen LogP contribution in [0.5, 0.6) is 0 Å². The lowest BCUT2D eigenvalue weighted by atomic mass is 9.83. The van der Waals surface area contributed by atoms with E-state index in [1.165, 1.54) is 26.4 Å². The van der Waals surface area contributed by atoms with Crippen LogP contribution in [0.2, 0.25) is 0 Å². The molecule has 0 atom stereocenters. The zero-order valence-corrected chi connectivity index (χ0v) is 13.0. The van der Waals surface area contributed by atoms with E-state index in [9.17, 15) is 9.59 Å². The van der Waals surface area contributed by atoms with Crippen molar-refractivity contribution in [3.8, 4) is 0 Å². The second-order valence-electron chi connectivity index (χ2n) is 4.92. The fraction of sp³-hybridized carbons (Fsp3) is 0.615. The molecule has 0 unspecified atom stereocenters. The fourth-order valence-electron chi connectivity index (χ4n) is 2.08. The summed E-state index contributed by atoms with van der Waals surface area (Å²) in [4.78, 5) is 23.2. The predicted octanol–water partition coefficient (Wildman–Crippen LogP) is 1.78. The summed E-state index contributed by atoms with van der Waals surface area (Å²) in [6.07, 6.45) is 6.61. The first kappa shape index (κ1) is 15.0. The minimum absolute atomic E-state index is 0.184. The molecule has 0 aromatic carbocycles. The molecule has 0 spiro atoms. The highest BCUT2D eigenvalue weighted by Gasteiger charge is 2.17. The van der Waals surface area contributed by atoms with Gasteiger partial charge in [-0.25, -0.2) is 4.68 Å². The first-order chi connectivity index (χ1) is 9.61. The minimum Gasteiger partial charge on any atom is -0.468 e. The summed E-state index contributed by atoms with van der Waals surface area (Å²) in [5.41, 5.74) is 0.319. The van der Waals surface area contributed by atoms with Crippen LogP contribution >= 0.6 is 15.9 Å². The number of hydrogen-bond donors (Lipinski definition) is 1. The molecule has 1 aromatic rings. The molecule has 0 radical (unpaired) electrons. The molecule has 1 saturated carbocycles. The third kappa shape index (κ3) is 3.59. The number of hydrogen-bond acceptors (Lipinski definition) is 5. The molecular weight excluding hydrogens is 326 g/mol. The van der Waals surface area contributed by atoms with E-state index in [0.29, 0.717) is 10.2 Å². The summed E-state index contributed by atoms with van der Waals surface area (Å²) in [5, 5.41) is 7.18. The summed E-state index contributed by atoms with van der Waals surface area (Å²) in [6.45, 7) is 0.641. The van der Waals surface area contributed by atoms with Crippen LogP contribution in [0.1, 0.15) is 25.7 Å². The zero-order chi connectivity index (χ0) is 14.5. The number of carbonyl (C=O) groups is 1. The maximum absolute atomic E-state index is 12.0. The van der Waals surface area contributed by atoms with Crippen molar-refractivity contribution >= 4 is 27.6 Å². The third-order valence-electron chi connectivity index (χ3n) is 3.58. The van der Waals surface area contributed by atoms with Crippen LogP contribution in [0.3, 0.4) is 0 Å². The van der Waals surface area contributed by atoms with Gasteiger partial charge in [-0.1, -0.05) is 19.3 Å². The van der Waals surface area contributed by atoms with Crippen molar-refractivity contribution in [2.24, 2.45) is 5.92 Å². The molecule has 20 heavy (non-hydrogen) atoms. The Balaban J connectivity index is 1.98. The Hall–Kier alpha value is -1.37. The Morgan fingerprint density at radius 3 is 2.95 bits per heavy atom.